The summed E-state index contributed by atoms with van der Waals surface area (Å²) in [6, 6.07) is 18.3. The molecule has 0 spiro atoms. The summed E-state index contributed by atoms with van der Waals surface area (Å²) >= 11 is 6.13. The van der Waals surface area contributed by atoms with Crippen LogP contribution in [0.15, 0.2) is 70.1 Å². The van der Waals surface area contributed by atoms with Crippen LogP contribution in [0, 0.1) is 20.8 Å². The fourth-order valence-corrected chi connectivity index (χ4v) is 3.29. The zero-order valence-corrected chi connectivity index (χ0v) is 17.6. The molecule has 4 aromatic rings. The van der Waals surface area contributed by atoms with Crippen molar-refractivity contribution in [3.8, 4) is 0 Å². The maximum atomic E-state index is 13.1. The van der Waals surface area contributed by atoms with Crippen LogP contribution in [-0.4, -0.2) is 10.9 Å². The number of benzene rings is 2. The number of amides is 1. The van der Waals surface area contributed by atoms with Gasteiger partial charge in [0, 0.05) is 16.1 Å². The predicted octanol–water partition coefficient (Wildman–Crippen LogP) is 5.89. The maximum Gasteiger partial charge on any atom is 0.262 e. The lowest BCUT2D eigenvalue weighted by Gasteiger charge is -2.08. The molecule has 2 aromatic heterocycles. The smallest absolute Gasteiger partial charge is 0.262 e. The highest BCUT2D eigenvalue weighted by atomic mass is 35.5. The van der Waals surface area contributed by atoms with E-state index in [1.807, 2.05) is 51.1 Å². The number of hydrogen-bond acceptors (Lipinski definition) is 4. The second-order valence-corrected chi connectivity index (χ2v) is 7.53. The molecule has 2 heterocycles. The van der Waals surface area contributed by atoms with Crippen LogP contribution in [0.1, 0.15) is 27.2 Å². The number of rotatable bonds is 3. The molecule has 0 radical (unpaired) electrons. The summed E-state index contributed by atoms with van der Waals surface area (Å²) in [5.74, 6) is 0.103. The Morgan fingerprint density at radius 1 is 1.03 bits per heavy atom. The van der Waals surface area contributed by atoms with Gasteiger partial charge in [0.1, 0.15) is 17.0 Å². The maximum absolute atomic E-state index is 13.1. The number of fused-ring (bicyclic) bond motifs is 1. The quantitative estimate of drug-likeness (QED) is 0.451. The molecule has 0 aliphatic heterocycles. The topological polar surface area (TPSA) is 67.5 Å². The standard InChI is InChI=1S/C24H20ClN3O2/c1-14-6-4-8-20(16(14)3)27-24-19(13-17-12-18(25)10-11-21(17)30-24)23(29)28-22-9-5-7-15(2)26-22/h4-13H,1-3H3,(H,26,28,29). The zero-order valence-electron chi connectivity index (χ0n) is 16.9. The molecule has 0 aliphatic rings. The summed E-state index contributed by atoms with van der Waals surface area (Å²) in [6.07, 6.45) is 0. The van der Waals surface area contributed by atoms with E-state index >= 15 is 0 Å². The van der Waals surface area contributed by atoms with E-state index in [2.05, 4.69) is 15.3 Å². The summed E-state index contributed by atoms with van der Waals surface area (Å²) in [7, 11) is 0. The fraction of sp³-hybridized carbons (Fsp3) is 0.125. The largest absolute Gasteiger partial charge is 0.438 e. The number of anilines is 1. The van der Waals surface area contributed by atoms with Gasteiger partial charge in [-0.2, -0.15) is 0 Å². The summed E-state index contributed by atoms with van der Waals surface area (Å²) in [6.45, 7) is 5.88. The van der Waals surface area contributed by atoms with Gasteiger partial charge in [-0.25, -0.2) is 9.98 Å². The van der Waals surface area contributed by atoms with Crippen LogP contribution in [0.4, 0.5) is 11.5 Å². The Kier molecular flexibility index (Phi) is 5.38. The van der Waals surface area contributed by atoms with Gasteiger partial charge < -0.3 is 9.73 Å². The molecule has 1 amide bonds. The molecule has 0 fully saturated rings. The highest BCUT2D eigenvalue weighted by Gasteiger charge is 2.14. The first-order chi connectivity index (χ1) is 14.4. The average Bonchev–Trinajstić information content (AvgIpc) is 2.71. The van der Waals surface area contributed by atoms with Gasteiger partial charge in [-0.05, 0) is 74.4 Å². The second kappa shape index (κ2) is 8.13. The monoisotopic (exact) mass is 417 g/mol. The lowest BCUT2D eigenvalue weighted by Crippen LogP contribution is -2.22. The highest BCUT2D eigenvalue weighted by molar-refractivity contribution is 6.31. The Bertz CT molecular complexity index is 1340. The molecule has 5 nitrogen and oxygen atoms in total. The third-order valence-corrected chi connectivity index (χ3v) is 5.12. The number of nitrogens with zero attached hydrogens (tertiary/aromatic N) is 2. The molecular weight excluding hydrogens is 398 g/mol. The van der Waals surface area contributed by atoms with E-state index in [0.717, 1.165) is 22.5 Å². The molecule has 0 atom stereocenters. The summed E-state index contributed by atoms with van der Waals surface area (Å²) in [4.78, 5) is 22.1. The minimum atomic E-state index is -0.359. The van der Waals surface area contributed by atoms with Gasteiger partial charge in [-0.1, -0.05) is 29.8 Å². The number of halogens is 1. The van der Waals surface area contributed by atoms with Gasteiger partial charge in [0.05, 0.1) is 5.69 Å². The molecule has 0 aliphatic carbocycles. The second-order valence-electron chi connectivity index (χ2n) is 7.10. The number of aryl methyl sites for hydroxylation is 2. The van der Waals surface area contributed by atoms with Crippen LogP contribution in [-0.2, 0) is 0 Å². The lowest BCUT2D eigenvalue weighted by atomic mass is 10.1. The van der Waals surface area contributed by atoms with Crippen LogP contribution < -0.4 is 10.9 Å². The van der Waals surface area contributed by atoms with Gasteiger partial charge >= 0.3 is 0 Å². The molecule has 0 saturated heterocycles. The van der Waals surface area contributed by atoms with E-state index in [4.69, 9.17) is 16.0 Å². The predicted molar refractivity (Wildman–Crippen MR) is 119 cm³/mol. The van der Waals surface area contributed by atoms with Gasteiger partial charge in [-0.15, -0.1) is 0 Å². The highest BCUT2D eigenvalue weighted by Crippen LogP contribution is 2.23. The molecule has 0 saturated carbocycles. The summed E-state index contributed by atoms with van der Waals surface area (Å²) in [5, 5.41) is 4.10. The molecule has 30 heavy (non-hydrogen) atoms. The van der Waals surface area contributed by atoms with Crippen molar-refractivity contribution in [2.75, 3.05) is 5.32 Å². The first kappa shape index (κ1) is 19.9. The van der Waals surface area contributed by atoms with Crippen LogP contribution >= 0.6 is 11.6 Å². The van der Waals surface area contributed by atoms with Crippen molar-refractivity contribution in [2.45, 2.75) is 20.8 Å². The summed E-state index contributed by atoms with van der Waals surface area (Å²) < 4.78 is 6.02. The molecule has 4 rings (SSSR count). The van der Waals surface area contributed by atoms with Gasteiger partial charge in [0.15, 0.2) is 0 Å². The van der Waals surface area contributed by atoms with Crippen molar-refractivity contribution in [3.05, 3.63) is 93.6 Å². The van der Waals surface area contributed by atoms with Crippen LogP contribution in [0.2, 0.25) is 5.02 Å². The fourth-order valence-electron chi connectivity index (χ4n) is 3.11. The molecule has 150 valence electrons. The van der Waals surface area contributed by atoms with Crippen molar-refractivity contribution >= 4 is 40.0 Å². The Morgan fingerprint density at radius 2 is 1.83 bits per heavy atom. The van der Waals surface area contributed by atoms with Crippen molar-refractivity contribution < 1.29 is 9.21 Å². The van der Waals surface area contributed by atoms with Crippen LogP contribution in [0.5, 0.6) is 0 Å². The SMILES string of the molecule is Cc1cccc(NC(=O)c2cc3cc(Cl)ccc3oc2=Nc2cccc(C)c2C)n1. The third-order valence-electron chi connectivity index (χ3n) is 4.88. The van der Waals surface area contributed by atoms with E-state index in [1.165, 1.54) is 0 Å². The van der Waals surface area contributed by atoms with Crippen LogP contribution in [0.3, 0.4) is 0 Å². The van der Waals surface area contributed by atoms with Gasteiger partial charge in [0.25, 0.3) is 5.91 Å². The van der Waals surface area contributed by atoms with Crippen molar-refractivity contribution in [2.24, 2.45) is 4.99 Å². The summed E-state index contributed by atoms with van der Waals surface area (Å²) in [5.41, 5.74) is 4.80. The Labute approximate surface area is 179 Å². The van der Waals surface area contributed by atoms with E-state index < -0.39 is 0 Å². The minimum Gasteiger partial charge on any atom is -0.438 e. The first-order valence-electron chi connectivity index (χ1n) is 9.50. The van der Waals surface area contributed by atoms with Crippen LogP contribution in [0.25, 0.3) is 11.0 Å². The molecule has 0 bridgehead atoms. The molecule has 6 heteroatoms. The van der Waals surface area contributed by atoms with Crippen molar-refractivity contribution in [1.29, 1.82) is 0 Å². The first-order valence-corrected chi connectivity index (χ1v) is 9.88. The molecule has 2 aromatic carbocycles. The number of carbonyl (C=O) groups excluding carboxylic acids is 1. The molecular formula is C24H20ClN3O2. The molecule has 1 N–H and O–H groups in total. The number of carbonyl (C=O) groups is 1. The zero-order chi connectivity index (χ0) is 21.3. The Morgan fingerprint density at radius 3 is 2.63 bits per heavy atom. The lowest BCUT2D eigenvalue weighted by molar-refractivity contribution is 0.102. The number of aromatic nitrogens is 1. The van der Waals surface area contributed by atoms with E-state index in [-0.39, 0.29) is 11.5 Å². The molecule has 0 unspecified atom stereocenters. The van der Waals surface area contributed by atoms with E-state index in [9.17, 15) is 4.79 Å². The third kappa shape index (κ3) is 4.11. The van der Waals surface area contributed by atoms with E-state index in [1.54, 1.807) is 30.3 Å². The Balaban J connectivity index is 1.89. The van der Waals surface area contributed by atoms with Gasteiger partial charge in [-0.3, -0.25) is 4.79 Å². The Hall–Kier alpha value is -3.44. The average molecular weight is 418 g/mol. The number of pyridine rings is 1. The number of nitrogens with one attached hydrogen (secondary N) is 1. The van der Waals surface area contributed by atoms with Gasteiger partial charge in [0.2, 0.25) is 5.55 Å². The normalized spacial score (nSPS) is 11.7. The number of hydrogen-bond donors (Lipinski definition) is 1. The van der Waals surface area contributed by atoms with Crippen molar-refractivity contribution in [3.63, 3.8) is 0 Å². The van der Waals surface area contributed by atoms with Crippen molar-refractivity contribution in [1.82, 2.24) is 4.98 Å². The van der Waals surface area contributed by atoms with E-state index in [0.29, 0.717) is 27.4 Å². The minimum absolute atomic E-state index is 0.226.